The average Bonchev–Trinajstić information content (AvgIpc) is 2.30. The van der Waals surface area contributed by atoms with Crippen LogP contribution in [0, 0.1) is 10.1 Å². The van der Waals surface area contributed by atoms with Crippen molar-refractivity contribution in [3.05, 3.63) is 33.3 Å². The third-order valence-electron chi connectivity index (χ3n) is 2.22. The number of nitrogens with zero attached hydrogens (tertiary/aromatic N) is 2. The lowest BCUT2D eigenvalue weighted by Crippen LogP contribution is -2.31. The monoisotopic (exact) mass is 257 g/mol. The van der Waals surface area contributed by atoms with Crippen LogP contribution < -0.4 is 5.32 Å². The Morgan fingerprint density at radius 3 is 2.76 bits per heavy atom. The molecule has 0 aromatic heterocycles. The molecule has 92 valence electrons. The molecule has 17 heavy (non-hydrogen) atoms. The van der Waals surface area contributed by atoms with Gasteiger partial charge in [-0.1, -0.05) is 11.6 Å². The van der Waals surface area contributed by atoms with Gasteiger partial charge in [0.2, 0.25) is 0 Å². The number of rotatable bonds is 3. The Hall–Kier alpha value is -1.82. The Morgan fingerprint density at radius 2 is 2.24 bits per heavy atom. The number of amides is 2. The summed E-state index contributed by atoms with van der Waals surface area (Å²) in [4.78, 5) is 23.0. The molecule has 0 radical (unpaired) electrons. The Bertz CT molecular complexity index is 450. The van der Waals surface area contributed by atoms with Gasteiger partial charge in [-0.2, -0.15) is 0 Å². The fourth-order valence-electron chi connectivity index (χ4n) is 1.08. The van der Waals surface area contributed by atoms with Crippen LogP contribution in [0.25, 0.3) is 0 Å². The van der Waals surface area contributed by atoms with Crippen molar-refractivity contribution >= 4 is 29.0 Å². The molecule has 1 aromatic carbocycles. The van der Waals surface area contributed by atoms with Gasteiger partial charge in [-0.15, -0.1) is 0 Å². The van der Waals surface area contributed by atoms with Gasteiger partial charge in [-0.25, -0.2) is 4.79 Å². The summed E-state index contributed by atoms with van der Waals surface area (Å²) in [5, 5.41) is 13.3. The van der Waals surface area contributed by atoms with E-state index in [0.29, 0.717) is 6.54 Å². The summed E-state index contributed by atoms with van der Waals surface area (Å²) in [5.41, 5.74) is 0.106. The second-order valence-electron chi connectivity index (χ2n) is 3.37. The number of halogens is 1. The maximum atomic E-state index is 11.6. The van der Waals surface area contributed by atoms with E-state index >= 15 is 0 Å². The SMILES string of the molecule is CCN(C)C(=O)Nc1cc([N+](=O)[O-])ccc1Cl. The van der Waals surface area contributed by atoms with Gasteiger partial charge in [0, 0.05) is 25.7 Å². The van der Waals surface area contributed by atoms with Crippen LogP contribution in [0.1, 0.15) is 6.92 Å². The second-order valence-corrected chi connectivity index (χ2v) is 3.77. The van der Waals surface area contributed by atoms with Crippen molar-refractivity contribution in [1.29, 1.82) is 0 Å². The highest BCUT2D eigenvalue weighted by Gasteiger charge is 2.13. The number of nitrogens with one attached hydrogen (secondary N) is 1. The zero-order valence-corrected chi connectivity index (χ0v) is 10.2. The van der Waals surface area contributed by atoms with E-state index in [4.69, 9.17) is 11.6 Å². The summed E-state index contributed by atoms with van der Waals surface area (Å²) >= 11 is 5.84. The molecule has 0 saturated heterocycles. The highest BCUT2D eigenvalue weighted by Crippen LogP contribution is 2.26. The van der Waals surface area contributed by atoms with Gasteiger partial charge in [0.1, 0.15) is 0 Å². The summed E-state index contributed by atoms with van der Waals surface area (Å²) in [7, 11) is 1.61. The minimum Gasteiger partial charge on any atom is -0.328 e. The van der Waals surface area contributed by atoms with E-state index in [1.54, 1.807) is 7.05 Å². The minimum atomic E-state index is -0.546. The second kappa shape index (κ2) is 5.49. The average molecular weight is 258 g/mol. The Morgan fingerprint density at radius 1 is 1.59 bits per heavy atom. The molecule has 7 heteroatoms. The molecule has 1 N–H and O–H groups in total. The molecule has 2 amide bonds. The van der Waals surface area contributed by atoms with E-state index in [1.807, 2.05) is 6.92 Å². The van der Waals surface area contributed by atoms with Crippen LogP contribution in [0.2, 0.25) is 5.02 Å². The molecule has 6 nitrogen and oxygen atoms in total. The quantitative estimate of drug-likeness (QED) is 0.668. The Balaban J connectivity index is 2.94. The predicted molar refractivity (Wildman–Crippen MR) is 65.4 cm³/mol. The normalized spacial score (nSPS) is 9.82. The highest BCUT2D eigenvalue weighted by molar-refractivity contribution is 6.33. The topological polar surface area (TPSA) is 75.5 Å². The number of non-ortho nitro benzene ring substituents is 1. The van der Waals surface area contributed by atoms with Crippen LogP contribution in [0.15, 0.2) is 18.2 Å². The number of hydrogen-bond donors (Lipinski definition) is 1. The van der Waals surface area contributed by atoms with Gasteiger partial charge >= 0.3 is 6.03 Å². The molecule has 0 bridgehead atoms. The molecule has 0 aliphatic heterocycles. The molecular formula is C10H12ClN3O3. The van der Waals surface area contributed by atoms with Crippen LogP contribution in [0.4, 0.5) is 16.2 Å². The first-order valence-corrected chi connectivity index (χ1v) is 5.29. The first kappa shape index (κ1) is 13.2. The third-order valence-corrected chi connectivity index (χ3v) is 2.55. The lowest BCUT2D eigenvalue weighted by molar-refractivity contribution is -0.384. The number of benzene rings is 1. The zero-order valence-electron chi connectivity index (χ0n) is 9.44. The van der Waals surface area contributed by atoms with Gasteiger partial charge in [-0.3, -0.25) is 10.1 Å². The predicted octanol–water partition coefficient (Wildman–Crippen LogP) is 2.73. The maximum absolute atomic E-state index is 11.6. The van der Waals surface area contributed by atoms with Crippen molar-refractivity contribution in [1.82, 2.24) is 4.90 Å². The highest BCUT2D eigenvalue weighted by atomic mass is 35.5. The van der Waals surface area contributed by atoms with E-state index in [9.17, 15) is 14.9 Å². The molecule has 0 aliphatic rings. The summed E-state index contributed by atoms with van der Waals surface area (Å²) < 4.78 is 0. The third kappa shape index (κ3) is 3.32. The van der Waals surface area contributed by atoms with E-state index in [0.717, 1.165) is 0 Å². The molecule has 0 heterocycles. The first-order chi connectivity index (χ1) is 7.95. The molecule has 1 rings (SSSR count). The van der Waals surface area contributed by atoms with E-state index in [1.165, 1.54) is 23.1 Å². The van der Waals surface area contributed by atoms with Crippen LogP contribution in [0.3, 0.4) is 0 Å². The van der Waals surface area contributed by atoms with Crippen molar-refractivity contribution in [2.24, 2.45) is 0 Å². The number of hydrogen-bond acceptors (Lipinski definition) is 3. The van der Waals surface area contributed by atoms with Crippen molar-refractivity contribution < 1.29 is 9.72 Å². The van der Waals surface area contributed by atoms with Crippen molar-refractivity contribution in [3.8, 4) is 0 Å². The fourth-order valence-corrected chi connectivity index (χ4v) is 1.24. The summed E-state index contributed by atoms with van der Waals surface area (Å²) in [5.74, 6) is 0. The van der Waals surface area contributed by atoms with Crippen LogP contribution >= 0.6 is 11.6 Å². The molecule has 1 aromatic rings. The number of nitro benzene ring substituents is 1. The van der Waals surface area contributed by atoms with E-state index in [-0.39, 0.29) is 22.4 Å². The number of urea groups is 1. The Labute approximate surface area is 103 Å². The minimum absolute atomic E-state index is 0.121. The number of nitro groups is 1. The summed E-state index contributed by atoms with van der Waals surface area (Å²) in [6.45, 7) is 2.34. The lowest BCUT2D eigenvalue weighted by atomic mass is 10.3. The number of anilines is 1. The molecule has 0 unspecified atom stereocenters. The van der Waals surface area contributed by atoms with E-state index in [2.05, 4.69) is 5.32 Å². The number of carbonyl (C=O) groups excluding carboxylic acids is 1. The molecule has 0 aliphatic carbocycles. The number of carbonyl (C=O) groups is 1. The standard InChI is InChI=1S/C10H12ClN3O3/c1-3-13(2)10(15)12-9-6-7(14(16)17)4-5-8(9)11/h4-6H,3H2,1-2H3,(H,12,15). The zero-order chi connectivity index (χ0) is 13.0. The van der Waals surface area contributed by atoms with Gasteiger partial charge in [0.25, 0.3) is 5.69 Å². The summed E-state index contributed by atoms with van der Waals surface area (Å²) in [6.07, 6.45) is 0. The van der Waals surface area contributed by atoms with Gasteiger partial charge < -0.3 is 10.2 Å². The largest absolute Gasteiger partial charge is 0.328 e. The first-order valence-electron chi connectivity index (χ1n) is 4.91. The molecule has 0 atom stereocenters. The smallest absolute Gasteiger partial charge is 0.321 e. The van der Waals surface area contributed by atoms with Gasteiger partial charge in [-0.05, 0) is 13.0 Å². The molecule has 0 spiro atoms. The van der Waals surface area contributed by atoms with Crippen molar-refractivity contribution in [2.75, 3.05) is 18.9 Å². The van der Waals surface area contributed by atoms with Crippen LogP contribution in [-0.4, -0.2) is 29.4 Å². The van der Waals surface area contributed by atoms with Gasteiger partial charge in [0.15, 0.2) is 0 Å². The van der Waals surface area contributed by atoms with Crippen LogP contribution in [0.5, 0.6) is 0 Å². The van der Waals surface area contributed by atoms with Crippen LogP contribution in [-0.2, 0) is 0 Å². The lowest BCUT2D eigenvalue weighted by Gasteiger charge is -2.15. The Kier molecular flexibility index (Phi) is 4.28. The van der Waals surface area contributed by atoms with Crippen molar-refractivity contribution in [3.63, 3.8) is 0 Å². The molecule has 0 fully saturated rings. The summed E-state index contributed by atoms with van der Waals surface area (Å²) in [6, 6.07) is 3.52. The van der Waals surface area contributed by atoms with E-state index < -0.39 is 4.92 Å². The fraction of sp³-hybridized carbons (Fsp3) is 0.300. The maximum Gasteiger partial charge on any atom is 0.321 e. The molecule has 0 saturated carbocycles. The molecular weight excluding hydrogens is 246 g/mol. The van der Waals surface area contributed by atoms with Crippen molar-refractivity contribution in [2.45, 2.75) is 6.92 Å². The van der Waals surface area contributed by atoms with Gasteiger partial charge in [0.05, 0.1) is 15.6 Å².